The average molecular weight is 421 g/mol. The third kappa shape index (κ3) is 3.75. The lowest BCUT2D eigenvalue weighted by Gasteiger charge is -2.34. The molecular weight excluding hydrogens is 392 g/mol. The summed E-state index contributed by atoms with van der Waals surface area (Å²) in [6, 6.07) is 3.11. The van der Waals surface area contributed by atoms with Crippen molar-refractivity contribution in [2.75, 3.05) is 13.1 Å². The fourth-order valence-corrected chi connectivity index (χ4v) is 6.12. The molecule has 1 saturated heterocycles. The first-order valence-electron chi connectivity index (χ1n) is 10.1. The fraction of sp³-hybridized carbons (Fsp3) is 0.571. The lowest BCUT2D eigenvalue weighted by atomic mass is 9.74. The molecule has 0 bridgehead atoms. The van der Waals surface area contributed by atoms with Crippen LogP contribution in [0.5, 0.6) is 0 Å². The van der Waals surface area contributed by atoms with Crippen LogP contribution in [-0.4, -0.2) is 31.7 Å². The molecular formula is C21H28N2O5S. The first-order valence-corrected chi connectivity index (χ1v) is 11.5. The highest BCUT2D eigenvalue weighted by Gasteiger charge is 2.37. The number of aryl methyl sites for hydroxylation is 2. The molecule has 8 heteroatoms. The number of fused-ring (bicyclic) bond motifs is 1. The average Bonchev–Trinajstić information content (AvgIpc) is 3.33. The van der Waals surface area contributed by atoms with Gasteiger partial charge in [0.25, 0.3) is 5.91 Å². The van der Waals surface area contributed by atoms with E-state index in [4.69, 9.17) is 8.83 Å². The van der Waals surface area contributed by atoms with Gasteiger partial charge in [0.1, 0.15) is 22.2 Å². The van der Waals surface area contributed by atoms with Gasteiger partial charge in [-0.3, -0.25) is 4.79 Å². The van der Waals surface area contributed by atoms with E-state index in [9.17, 15) is 13.2 Å². The van der Waals surface area contributed by atoms with E-state index in [2.05, 4.69) is 19.2 Å². The normalized spacial score (nSPS) is 21.9. The monoisotopic (exact) mass is 420 g/mol. The van der Waals surface area contributed by atoms with Gasteiger partial charge in [-0.1, -0.05) is 13.8 Å². The molecule has 1 aliphatic heterocycles. The summed E-state index contributed by atoms with van der Waals surface area (Å²) in [7, 11) is -3.63. The molecule has 0 radical (unpaired) electrons. The van der Waals surface area contributed by atoms with Crippen LogP contribution < -0.4 is 5.32 Å². The lowest BCUT2D eigenvalue weighted by Crippen LogP contribution is -2.35. The number of furan rings is 2. The van der Waals surface area contributed by atoms with E-state index >= 15 is 0 Å². The van der Waals surface area contributed by atoms with Crippen molar-refractivity contribution in [1.29, 1.82) is 0 Å². The third-order valence-electron chi connectivity index (χ3n) is 5.82. The van der Waals surface area contributed by atoms with Crippen molar-refractivity contribution in [3.05, 3.63) is 40.7 Å². The lowest BCUT2D eigenvalue weighted by molar-refractivity contribution is 0.0888. The Bertz CT molecular complexity index is 1040. The summed E-state index contributed by atoms with van der Waals surface area (Å²) >= 11 is 0. The largest absolute Gasteiger partial charge is 0.466 e. The highest BCUT2D eigenvalue weighted by atomic mass is 32.2. The first kappa shape index (κ1) is 20.2. The van der Waals surface area contributed by atoms with Gasteiger partial charge in [-0.05, 0) is 44.6 Å². The van der Waals surface area contributed by atoms with Crippen molar-refractivity contribution in [3.63, 3.8) is 0 Å². The molecule has 1 N–H and O–H groups in total. The summed E-state index contributed by atoms with van der Waals surface area (Å²) in [5.74, 6) is 1.57. The van der Waals surface area contributed by atoms with Gasteiger partial charge in [0.05, 0.1) is 6.04 Å². The van der Waals surface area contributed by atoms with E-state index < -0.39 is 15.9 Å². The number of nitrogens with zero attached hydrogens (tertiary/aromatic N) is 1. The van der Waals surface area contributed by atoms with Crippen LogP contribution in [0.15, 0.2) is 25.9 Å². The topological polar surface area (TPSA) is 92.8 Å². The van der Waals surface area contributed by atoms with Gasteiger partial charge >= 0.3 is 0 Å². The zero-order valence-electron chi connectivity index (χ0n) is 17.4. The predicted octanol–water partition coefficient (Wildman–Crippen LogP) is 3.72. The SMILES string of the molecule is Cc1cc2c(o1)CC(C)(C)CC2NC(=O)c1cc(S(=O)(=O)N2CCCC2)c(C)o1. The Kier molecular flexibility index (Phi) is 4.90. The number of nitrogens with one attached hydrogen (secondary N) is 1. The Balaban J connectivity index is 1.58. The van der Waals surface area contributed by atoms with Gasteiger partial charge in [0.15, 0.2) is 5.76 Å². The van der Waals surface area contributed by atoms with Crippen LogP contribution in [0, 0.1) is 19.3 Å². The summed E-state index contributed by atoms with van der Waals surface area (Å²) in [4.78, 5) is 13.0. The molecule has 3 heterocycles. The second-order valence-electron chi connectivity index (χ2n) is 8.95. The van der Waals surface area contributed by atoms with Gasteiger partial charge in [0, 0.05) is 31.1 Å². The number of carbonyl (C=O) groups is 1. The maximum atomic E-state index is 12.9. The third-order valence-corrected chi connectivity index (χ3v) is 7.83. The zero-order chi connectivity index (χ0) is 21.0. The van der Waals surface area contributed by atoms with Crippen molar-refractivity contribution < 1.29 is 22.0 Å². The minimum Gasteiger partial charge on any atom is -0.466 e. The fourth-order valence-electron chi connectivity index (χ4n) is 4.44. The summed E-state index contributed by atoms with van der Waals surface area (Å²) in [5.41, 5.74) is 0.974. The number of amides is 1. The van der Waals surface area contributed by atoms with Crippen LogP contribution in [0.4, 0.5) is 0 Å². The summed E-state index contributed by atoms with van der Waals surface area (Å²) in [6.07, 6.45) is 3.30. The highest BCUT2D eigenvalue weighted by molar-refractivity contribution is 7.89. The van der Waals surface area contributed by atoms with Crippen molar-refractivity contribution in [2.24, 2.45) is 5.41 Å². The number of sulfonamides is 1. The highest BCUT2D eigenvalue weighted by Crippen LogP contribution is 2.42. The maximum Gasteiger partial charge on any atom is 0.287 e. The minimum absolute atomic E-state index is 0.0153. The molecule has 4 rings (SSSR count). The van der Waals surface area contributed by atoms with Crippen molar-refractivity contribution in [1.82, 2.24) is 9.62 Å². The summed E-state index contributed by atoms with van der Waals surface area (Å²) in [5, 5.41) is 3.02. The Morgan fingerprint density at radius 2 is 1.86 bits per heavy atom. The molecule has 7 nitrogen and oxygen atoms in total. The molecule has 1 unspecified atom stereocenters. The summed E-state index contributed by atoms with van der Waals surface area (Å²) < 4.78 is 38.6. The van der Waals surface area contributed by atoms with Crippen LogP contribution in [0.2, 0.25) is 0 Å². The van der Waals surface area contributed by atoms with E-state index in [-0.39, 0.29) is 27.9 Å². The second-order valence-corrected chi connectivity index (χ2v) is 10.9. The predicted molar refractivity (Wildman–Crippen MR) is 107 cm³/mol. The van der Waals surface area contributed by atoms with Crippen molar-refractivity contribution >= 4 is 15.9 Å². The Morgan fingerprint density at radius 3 is 2.55 bits per heavy atom. The Labute approximate surface area is 171 Å². The van der Waals surface area contributed by atoms with E-state index in [0.717, 1.165) is 42.8 Å². The molecule has 1 aliphatic carbocycles. The molecule has 2 aromatic rings. The molecule has 29 heavy (non-hydrogen) atoms. The smallest absolute Gasteiger partial charge is 0.287 e. The maximum absolute atomic E-state index is 12.9. The quantitative estimate of drug-likeness (QED) is 0.814. The molecule has 2 aliphatic rings. The molecule has 0 aromatic carbocycles. The van der Waals surface area contributed by atoms with E-state index in [0.29, 0.717) is 13.1 Å². The molecule has 1 atom stereocenters. The first-order chi connectivity index (χ1) is 13.6. The van der Waals surface area contributed by atoms with E-state index in [1.165, 1.54) is 10.4 Å². The van der Waals surface area contributed by atoms with Gasteiger partial charge < -0.3 is 14.2 Å². The Morgan fingerprint density at radius 1 is 1.17 bits per heavy atom. The van der Waals surface area contributed by atoms with Crippen LogP contribution in [-0.2, 0) is 16.4 Å². The molecule has 2 aromatic heterocycles. The zero-order valence-corrected chi connectivity index (χ0v) is 18.2. The molecule has 0 spiro atoms. The van der Waals surface area contributed by atoms with Gasteiger partial charge in [-0.2, -0.15) is 4.31 Å². The molecule has 1 amide bonds. The standard InChI is InChI=1S/C21H28N2O5S/c1-13-9-15-16(11-21(3,4)12-18(15)27-13)22-20(24)17-10-19(14(2)28-17)29(25,26)23-7-5-6-8-23/h9-10,16H,5-8,11-12H2,1-4H3,(H,22,24). The van der Waals surface area contributed by atoms with Crippen LogP contribution >= 0.6 is 0 Å². The van der Waals surface area contributed by atoms with Crippen molar-refractivity contribution in [2.45, 2.75) is 64.3 Å². The van der Waals surface area contributed by atoms with Crippen LogP contribution in [0.1, 0.15) is 72.6 Å². The summed E-state index contributed by atoms with van der Waals surface area (Å²) in [6.45, 7) is 8.79. The number of hydrogen-bond donors (Lipinski definition) is 1. The number of rotatable bonds is 4. The van der Waals surface area contributed by atoms with Gasteiger partial charge in [-0.25, -0.2) is 8.42 Å². The van der Waals surface area contributed by atoms with Crippen molar-refractivity contribution in [3.8, 4) is 0 Å². The molecule has 0 saturated carbocycles. The number of hydrogen-bond acceptors (Lipinski definition) is 5. The van der Waals surface area contributed by atoms with Gasteiger partial charge in [-0.15, -0.1) is 0 Å². The second kappa shape index (κ2) is 7.02. The minimum atomic E-state index is -3.63. The van der Waals surface area contributed by atoms with E-state index in [1.54, 1.807) is 6.92 Å². The number of carbonyl (C=O) groups excluding carboxylic acids is 1. The molecule has 158 valence electrons. The van der Waals surface area contributed by atoms with Crippen LogP contribution in [0.25, 0.3) is 0 Å². The molecule has 1 fully saturated rings. The van der Waals surface area contributed by atoms with Gasteiger partial charge in [0.2, 0.25) is 10.0 Å². The Hall–Kier alpha value is -2.06. The van der Waals surface area contributed by atoms with E-state index in [1.807, 2.05) is 13.0 Å². The van der Waals surface area contributed by atoms with Crippen LogP contribution in [0.3, 0.4) is 0 Å².